The van der Waals surface area contributed by atoms with E-state index >= 15 is 0 Å². The molecule has 118 valence electrons. The van der Waals surface area contributed by atoms with Gasteiger partial charge in [0.1, 0.15) is 0 Å². The van der Waals surface area contributed by atoms with Gasteiger partial charge in [-0.3, -0.25) is 4.79 Å². The molecule has 0 aromatic heterocycles. The van der Waals surface area contributed by atoms with Crippen molar-refractivity contribution in [3.63, 3.8) is 0 Å². The Morgan fingerprint density at radius 1 is 1.35 bits per heavy atom. The number of hydrogen-bond acceptors (Lipinski definition) is 3. The minimum Gasteiger partial charge on any atom is -0.356 e. The fraction of sp³-hybridized carbons (Fsp3) is 0.938. The number of hydrogen-bond donors (Lipinski definition) is 2. The highest BCUT2D eigenvalue weighted by molar-refractivity contribution is 5.78. The van der Waals surface area contributed by atoms with Crippen LogP contribution in [0, 0.1) is 11.8 Å². The van der Waals surface area contributed by atoms with Gasteiger partial charge in [0, 0.05) is 24.5 Å². The second kappa shape index (κ2) is 8.63. The molecule has 0 saturated heterocycles. The van der Waals surface area contributed by atoms with Crippen LogP contribution in [0.1, 0.15) is 52.9 Å². The Balaban J connectivity index is 2.11. The molecule has 1 aliphatic carbocycles. The number of nitrogens with two attached hydrogens (primary N) is 1. The fourth-order valence-corrected chi connectivity index (χ4v) is 2.76. The summed E-state index contributed by atoms with van der Waals surface area (Å²) in [4.78, 5) is 14.4. The maximum atomic E-state index is 12.1. The molecule has 0 aromatic rings. The van der Waals surface area contributed by atoms with Crippen LogP contribution in [0.25, 0.3) is 0 Å². The number of amides is 1. The summed E-state index contributed by atoms with van der Waals surface area (Å²) < 4.78 is 0. The lowest BCUT2D eigenvalue weighted by Crippen LogP contribution is -2.40. The standard InChI is InChI=1S/C16H33N3O/c1-12(2)19(4)10-6-5-9-18-16(20)14-7-8-15(17)13(3)11-14/h12-15H,5-11,17H2,1-4H3,(H,18,20). The Bertz CT molecular complexity index is 293. The predicted octanol–water partition coefficient (Wildman–Crippen LogP) is 1.99. The molecule has 0 aromatic carbocycles. The number of nitrogens with zero attached hydrogens (tertiary/aromatic N) is 1. The number of rotatable bonds is 7. The molecule has 1 amide bonds. The third-order valence-corrected chi connectivity index (χ3v) is 4.72. The van der Waals surface area contributed by atoms with Gasteiger partial charge in [0.2, 0.25) is 5.91 Å². The van der Waals surface area contributed by atoms with Crippen molar-refractivity contribution in [2.24, 2.45) is 17.6 Å². The van der Waals surface area contributed by atoms with Crippen LogP contribution in [0.5, 0.6) is 0 Å². The molecule has 4 nitrogen and oxygen atoms in total. The van der Waals surface area contributed by atoms with Gasteiger partial charge in [-0.1, -0.05) is 6.92 Å². The van der Waals surface area contributed by atoms with Crippen LogP contribution < -0.4 is 11.1 Å². The van der Waals surface area contributed by atoms with Crippen LogP contribution in [-0.2, 0) is 4.79 Å². The minimum atomic E-state index is 0.183. The van der Waals surface area contributed by atoms with Gasteiger partial charge < -0.3 is 16.0 Å². The molecule has 1 fully saturated rings. The molecular formula is C16H33N3O. The van der Waals surface area contributed by atoms with Crippen LogP contribution in [0.2, 0.25) is 0 Å². The van der Waals surface area contributed by atoms with Crippen molar-refractivity contribution < 1.29 is 4.79 Å². The van der Waals surface area contributed by atoms with Gasteiger partial charge in [-0.05, 0) is 65.5 Å². The van der Waals surface area contributed by atoms with E-state index in [4.69, 9.17) is 5.73 Å². The average molecular weight is 283 g/mol. The first kappa shape index (κ1) is 17.4. The van der Waals surface area contributed by atoms with Gasteiger partial charge in [-0.15, -0.1) is 0 Å². The largest absolute Gasteiger partial charge is 0.356 e. The van der Waals surface area contributed by atoms with Crippen LogP contribution in [0.4, 0.5) is 0 Å². The Morgan fingerprint density at radius 3 is 2.65 bits per heavy atom. The summed E-state index contributed by atoms with van der Waals surface area (Å²) in [7, 11) is 2.15. The summed E-state index contributed by atoms with van der Waals surface area (Å²) in [6.07, 6.45) is 5.08. The van der Waals surface area contributed by atoms with Crippen LogP contribution in [0.15, 0.2) is 0 Å². The van der Waals surface area contributed by atoms with E-state index in [1.54, 1.807) is 0 Å². The average Bonchev–Trinajstić information content (AvgIpc) is 2.40. The van der Waals surface area contributed by atoms with E-state index in [0.717, 1.165) is 45.2 Å². The van der Waals surface area contributed by atoms with Gasteiger partial charge in [0.25, 0.3) is 0 Å². The molecule has 0 radical (unpaired) electrons. The van der Waals surface area contributed by atoms with Gasteiger partial charge in [-0.2, -0.15) is 0 Å². The zero-order chi connectivity index (χ0) is 15.1. The molecule has 3 atom stereocenters. The first-order valence-corrected chi connectivity index (χ1v) is 8.15. The normalized spacial score (nSPS) is 27.1. The van der Waals surface area contributed by atoms with Gasteiger partial charge in [-0.25, -0.2) is 0 Å². The molecule has 0 heterocycles. The lowest BCUT2D eigenvalue weighted by Gasteiger charge is -2.31. The molecule has 0 aliphatic heterocycles. The molecule has 1 saturated carbocycles. The predicted molar refractivity (Wildman–Crippen MR) is 84.5 cm³/mol. The van der Waals surface area contributed by atoms with E-state index in [0.29, 0.717) is 12.0 Å². The van der Waals surface area contributed by atoms with Crippen molar-refractivity contribution in [1.82, 2.24) is 10.2 Å². The topological polar surface area (TPSA) is 58.4 Å². The molecule has 3 N–H and O–H groups in total. The SMILES string of the molecule is CC1CC(C(=O)NCCCCN(C)C(C)C)CCC1N. The Kier molecular flexibility index (Phi) is 7.52. The molecule has 0 spiro atoms. The van der Waals surface area contributed by atoms with Crippen LogP contribution in [0.3, 0.4) is 0 Å². The second-order valence-corrected chi connectivity index (χ2v) is 6.72. The maximum Gasteiger partial charge on any atom is 0.223 e. The van der Waals surface area contributed by atoms with Crippen molar-refractivity contribution in [2.75, 3.05) is 20.1 Å². The monoisotopic (exact) mass is 283 g/mol. The lowest BCUT2D eigenvalue weighted by molar-refractivity contribution is -0.126. The van der Waals surface area contributed by atoms with Crippen molar-refractivity contribution in [1.29, 1.82) is 0 Å². The van der Waals surface area contributed by atoms with Crippen molar-refractivity contribution in [3.8, 4) is 0 Å². The first-order valence-electron chi connectivity index (χ1n) is 8.15. The summed E-state index contributed by atoms with van der Waals surface area (Å²) in [6.45, 7) is 8.48. The zero-order valence-electron chi connectivity index (χ0n) is 13.7. The maximum absolute atomic E-state index is 12.1. The van der Waals surface area contributed by atoms with Crippen molar-refractivity contribution in [2.45, 2.75) is 65.0 Å². The number of unbranched alkanes of at least 4 members (excludes halogenated alkanes) is 1. The highest BCUT2D eigenvalue weighted by atomic mass is 16.1. The highest BCUT2D eigenvalue weighted by Gasteiger charge is 2.29. The van der Waals surface area contributed by atoms with Crippen LogP contribution >= 0.6 is 0 Å². The third kappa shape index (κ3) is 5.80. The Morgan fingerprint density at radius 2 is 2.05 bits per heavy atom. The van der Waals surface area contributed by atoms with Crippen molar-refractivity contribution >= 4 is 5.91 Å². The summed E-state index contributed by atoms with van der Waals surface area (Å²) in [5.74, 6) is 0.892. The number of carbonyl (C=O) groups is 1. The second-order valence-electron chi connectivity index (χ2n) is 6.72. The molecule has 0 bridgehead atoms. The van der Waals surface area contributed by atoms with Gasteiger partial charge in [0.05, 0.1) is 0 Å². The molecular weight excluding hydrogens is 250 g/mol. The quantitative estimate of drug-likeness (QED) is 0.703. The van der Waals surface area contributed by atoms with E-state index in [-0.39, 0.29) is 17.9 Å². The molecule has 1 aliphatic rings. The van der Waals surface area contributed by atoms with Crippen molar-refractivity contribution in [3.05, 3.63) is 0 Å². The van der Waals surface area contributed by atoms with Gasteiger partial charge in [0.15, 0.2) is 0 Å². The van der Waals surface area contributed by atoms with E-state index in [1.807, 2.05) is 0 Å². The molecule has 1 rings (SSSR count). The summed E-state index contributed by atoms with van der Waals surface area (Å²) in [5, 5.41) is 3.09. The van der Waals surface area contributed by atoms with Crippen LogP contribution in [-0.4, -0.2) is 43.0 Å². The lowest BCUT2D eigenvalue weighted by atomic mass is 9.79. The fourth-order valence-electron chi connectivity index (χ4n) is 2.76. The Labute approximate surface area is 124 Å². The highest BCUT2D eigenvalue weighted by Crippen LogP contribution is 2.27. The summed E-state index contributed by atoms with van der Waals surface area (Å²) in [5.41, 5.74) is 6.00. The number of nitrogens with one attached hydrogen (secondary N) is 1. The summed E-state index contributed by atoms with van der Waals surface area (Å²) >= 11 is 0. The van der Waals surface area contributed by atoms with Gasteiger partial charge >= 0.3 is 0 Å². The molecule has 3 unspecified atom stereocenters. The molecule has 4 heteroatoms. The first-order chi connectivity index (χ1) is 9.41. The van der Waals surface area contributed by atoms with E-state index in [1.165, 1.54) is 0 Å². The smallest absolute Gasteiger partial charge is 0.223 e. The van der Waals surface area contributed by atoms with E-state index < -0.39 is 0 Å². The zero-order valence-corrected chi connectivity index (χ0v) is 13.7. The van der Waals surface area contributed by atoms with E-state index in [2.05, 4.69) is 38.0 Å². The van der Waals surface area contributed by atoms with E-state index in [9.17, 15) is 4.79 Å². The number of carbonyl (C=O) groups excluding carboxylic acids is 1. The Hall–Kier alpha value is -0.610. The molecule has 20 heavy (non-hydrogen) atoms. The summed E-state index contributed by atoms with van der Waals surface area (Å²) in [6, 6.07) is 0.878. The minimum absolute atomic E-state index is 0.183. The third-order valence-electron chi connectivity index (χ3n) is 4.72.